The van der Waals surface area contributed by atoms with Crippen molar-refractivity contribution in [3.05, 3.63) is 58.5 Å². The highest BCUT2D eigenvalue weighted by atomic mass is 16.2. The van der Waals surface area contributed by atoms with Gasteiger partial charge in [-0.1, -0.05) is 24.6 Å². The molecule has 0 atom stereocenters. The second-order valence-corrected chi connectivity index (χ2v) is 7.20. The van der Waals surface area contributed by atoms with Crippen molar-refractivity contribution in [1.29, 1.82) is 0 Å². The molecule has 1 aromatic carbocycles. The molecule has 1 aliphatic heterocycles. The summed E-state index contributed by atoms with van der Waals surface area (Å²) in [7, 11) is 0. The first kappa shape index (κ1) is 18.2. The van der Waals surface area contributed by atoms with Crippen LogP contribution in [0.2, 0.25) is 0 Å². The number of aromatic nitrogens is 3. The van der Waals surface area contributed by atoms with Crippen LogP contribution in [0.15, 0.2) is 30.3 Å². The fourth-order valence-electron chi connectivity index (χ4n) is 3.66. The predicted molar refractivity (Wildman–Crippen MR) is 106 cm³/mol. The highest BCUT2D eigenvalue weighted by molar-refractivity contribution is 6.06. The molecule has 7 nitrogen and oxygen atoms in total. The van der Waals surface area contributed by atoms with Gasteiger partial charge in [-0.15, -0.1) is 0 Å². The molecule has 0 unspecified atom stereocenters. The Morgan fingerprint density at radius 2 is 1.71 bits per heavy atom. The van der Waals surface area contributed by atoms with Crippen LogP contribution in [0.25, 0.3) is 11.2 Å². The van der Waals surface area contributed by atoms with Crippen LogP contribution < -0.4 is 10.9 Å². The van der Waals surface area contributed by atoms with E-state index in [0.717, 1.165) is 48.5 Å². The SMILES string of the molecule is Cc1cc(C(=O)NNC(=O)c2ccccc2C)c2nc3n(c2n1)CCCCC3. The number of hydrogen-bond donors (Lipinski definition) is 2. The number of hydrazine groups is 1. The van der Waals surface area contributed by atoms with Crippen LogP contribution in [0.1, 0.15) is 57.1 Å². The fraction of sp³-hybridized carbons (Fsp3) is 0.333. The molecule has 2 N–H and O–H groups in total. The summed E-state index contributed by atoms with van der Waals surface area (Å²) >= 11 is 0. The lowest BCUT2D eigenvalue weighted by molar-refractivity contribution is 0.0847. The van der Waals surface area contributed by atoms with E-state index in [1.165, 1.54) is 6.42 Å². The summed E-state index contributed by atoms with van der Waals surface area (Å²) in [6.07, 6.45) is 4.24. The second-order valence-electron chi connectivity index (χ2n) is 7.20. The monoisotopic (exact) mass is 377 g/mol. The molecule has 0 spiro atoms. The lowest BCUT2D eigenvalue weighted by Gasteiger charge is -2.10. The lowest BCUT2D eigenvalue weighted by atomic mass is 10.1. The first-order chi connectivity index (χ1) is 13.5. The summed E-state index contributed by atoms with van der Waals surface area (Å²) in [6.45, 7) is 4.58. The van der Waals surface area contributed by atoms with E-state index in [1.54, 1.807) is 18.2 Å². The maximum atomic E-state index is 12.8. The molecule has 0 saturated carbocycles. The number of benzene rings is 1. The molecular weight excluding hydrogens is 354 g/mol. The van der Waals surface area contributed by atoms with Crippen LogP contribution in [0, 0.1) is 13.8 Å². The number of hydrogen-bond acceptors (Lipinski definition) is 4. The molecule has 0 radical (unpaired) electrons. The summed E-state index contributed by atoms with van der Waals surface area (Å²) in [5.41, 5.74) is 8.88. The standard InChI is InChI=1S/C21H23N5O2/c1-13-8-5-6-9-15(13)20(27)24-25-21(28)16-12-14(2)22-19-18(16)23-17-10-4-3-7-11-26(17)19/h5-6,8-9,12H,3-4,7,10-11H2,1-2H3,(H,24,27)(H,25,28). The third-order valence-corrected chi connectivity index (χ3v) is 5.12. The number of carbonyl (C=O) groups excluding carboxylic acids is 2. The van der Waals surface area contributed by atoms with Crippen LogP contribution in [0.5, 0.6) is 0 Å². The molecular formula is C21H23N5O2. The quantitative estimate of drug-likeness (QED) is 0.672. The molecule has 3 aromatic rings. The molecule has 0 fully saturated rings. The number of imidazole rings is 1. The Bertz CT molecular complexity index is 1070. The zero-order chi connectivity index (χ0) is 19.7. The van der Waals surface area contributed by atoms with Gasteiger partial charge in [0, 0.05) is 24.2 Å². The van der Waals surface area contributed by atoms with Crippen LogP contribution >= 0.6 is 0 Å². The van der Waals surface area contributed by atoms with Crippen molar-refractivity contribution in [3.63, 3.8) is 0 Å². The van der Waals surface area contributed by atoms with Crippen molar-refractivity contribution < 1.29 is 9.59 Å². The Balaban J connectivity index is 1.61. The zero-order valence-electron chi connectivity index (χ0n) is 16.1. The Hall–Kier alpha value is -3.22. The summed E-state index contributed by atoms with van der Waals surface area (Å²) in [6, 6.07) is 8.94. The lowest BCUT2D eigenvalue weighted by Crippen LogP contribution is -2.42. The number of rotatable bonds is 2. The van der Waals surface area contributed by atoms with Gasteiger partial charge in [-0.3, -0.25) is 20.4 Å². The molecule has 3 heterocycles. The molecule has 7 heteroatoms. The molecule has 0 saturated heterocycles. The van der Waals surface area contributed by atoms with Gasteiger partial charge in [0.25, 0.3) is 11.8 Å². The number of fused-ring (bicyclic) bond motifs is 3. The minimum absolute atomic E-state index is 0.353. The van der Waals surface area contributed by atoms with E-state index in [2.05, 4.69) is 20.4 Å². The Labute approximate surface area is 163 Å². The van der Waals surface area contributed by atoms with Gasteiger partial charge in [-0.25, -0.2) is 9.97 Å². The molecule has 2 aromatic heterocycles. The van der Waals surface area contributed by atoms with Crippen LogP contribution in [0.3, 0.4) is 0 Å². The number of nitrogens with zero attached hydrogens (tertiary/aromatic N) is 3. The number of amides is 2. The van der Waals surface area contributed by atoms with Gasteiger partial charge in [0.05, 0.1) is 5.56 Å². The molecule has 28 heavy (non-hydrogen) atoms. The van der Waals surface area contributed by atoms with Gasteiger partial charge in [0.15, 0.2) is 5.65 Å². The number of aryl methyl sites for hydroxylation is 4. The normalized spacial score (nSPS) is 13.6. The van der Waals surface area contributed by atoms with Crippen LogP contribution in [-0.4, -0.2) is 26.3 Å². The maximum absolute atomic E-state index is 12.8. The van der Waals surface area contributed by atoms with Gasteiger partial charge in [-0.05, 0) is 44.4 Å². The summed E-state index contributed by atoms with van der Waals surface area (Å²) < 4.78 is 2.12. The average molecular weight is 377 g/mol. The van der Waals surface area contributed by atoms with E-state index in [4.69, 9.17) is 4.98 Å². The first-order valence-electron chi connectivity index (χ1n) is 9.57. The zero-order valence-corrected chi connectivity index (χ0v) is 16.1. The van der Waals surface area contributed by atoms with E-state index in [1.807, 2.05) is 26.0 Å². The number of carbonyl (C=O) groups is 2. The van der Waals surface area contributed by atoms with E-state index in [0.29, 0.717) is 16.6 Å². The van der Waals surface area contributed by atoms with Gasteiger partial charge >= 0.3 is 0 Å². The molecule has 144 valence electrons. The van der Waals surface area contributed by atoms with E-state index >= 15 is 0 Å². The first-order valence-corrected chi connectivity index (χ1v) is 9.57. The topological polar surface area (TPSA) is 88.9 Å². The second kappa shape index (κ2) is 7.42. The smallest absolute Gasteiger partial charge is 0.272 e. The third kappa shape index (κ3) is 3.35. The number of nitrogens with one attached hydrogen (secondary N) is 2. The molecule has 0 bridgehead atoms. The van der Waals surface area contributed by atoms with Crippen molar-refractivity contribution >= 4 is 23.0 Å². The van der Waals surface area contributed by atoms with Crippen molar-refractivity contribution in [1.82, 2.24) is 25.4 Å². The minimum atomic E-state index is -0.398. The Kier molecular flexibility index (Phi) is 4.81. The highest BCUT2D eigenvalue weighted by Gasteiger charge is 2.21. The minimum Gasteiger partial charge on any atom is -0.313 e. The van der Waals surface area contributed by atoms with Crippen molar-refractivity contribution in [2.45, 2.75) is 46.1 Å². The highest BCUT2D eigenvalue weighted by Crippen LogP contribution is 2.23. The molecule has 0 aliphatic carbocycles. The Morgan fingerprint density at radius 1 is 0.964 bits per heavy atom. The van der Waals surface area contributed by atoms with Crippen LogP contribution in [-0.2, 0) is 13.0 Å². The predicted octanol–water partition coefficient (Wildman–Crippen LogP) is 2.85. The third-order valence-electron chi connectivity index (χ3n) is 5.12. The maximum Gasteiger partial charge on any atom is 0.272 e. The largest absolute Gasteiger partial charge is 0.313 e. The fourth-order valence-corrected chi connectivity index (χ4v) is 3.66. The van der Waals surface area contributed by atoms with E-state index in [9.17, 15) is 9.59 Å². The molecule has 4 rings (SSSR count). The van der Waals surface area contributed by atoms with Crippen molar-refractivity contribution in [2.75, 3.05) is 0 Å². The summed E-state index contributed by atoms with van der Waals surface area (Å²) in [5, 5.41) is 0. The van der Waals surface area contributed by atoms with Crippen molar-refractivity contribution in [2.24, 2.45) is 0 Å². The summed E-state index contributed by atoms with van der Waals surface area (Å²) in [5.74, 6) is 0.225. The Morgan fingerprint density at radius 3 is 2.50 bits per heavy atom. The number of pyridine rings is 1. The van der Waals surface area contributed by atoms with Crippen molar-refractivity contribution in [3.8, 4) is 0 Å². The van der Waals surface area contributed by atoms with E-state index < -0.39 is 5.91 Å². The molecule has 1 aliphatic rings. The molecule has 2 amide bonds. The van der Waals surface area contributed by atoms with E-state index in [-0.39, 0.29) is 5.91 Å². The van der Waals surface area contributed by atoms with Crippen LogP contribution in [0.4, 0.5) is 0 Å². The summed E-state index contributed by atoms with van der Waals surface area (Å²) in [4.78, 5) is 34.5. The van der Waals surface area contributed by atoms with Gasteiger partial charge in [0.2, 0.25) is 0 Å². The van der Waals surface area contributed by atoms with Gasteiger partial charge in [0.1, 0.15) is 11.3 Å². The van der Waals surface area contributed by atoms with Gasteiger partial charge < -0.3 is 4.57 Å². The average Bonchev–Trinajstić information content (AvgIpc) is 2.86. The van der Waals surface area contributed by atoms with Gasteiger partial charge in [-0.2, -0.15) is 0 Å².